The van der Waals surface area contributed by atoms with Crippen molar-refractivity contribution in [3.8, 4) is 23.5 Å². The normalized spacial score (nSPS) is 12.0. The van der Waals surface area contributed by atoms with E-state index in [1.165, 1.54) is 40.3 Å². The zero-order valence-electron chi connectivity index (χ0n) is 26.3. The van der Waals surface area contributed by atoms with Crippen molar-refractivity contribution in [1.82, 2.24) is 9.13 Å². The summed E-state index contributed by atoms with van der Waals surface area (Å²) in [6.45, 7) is 0. The fraction of sp³-hybridized carbons (Fsp3) is 0. The van der Waals surface area contributed by atoms with Crippen LogP contribution in [0.15, 0.2) is 133 Å². The molecule has 0 aliphatic carbocycles. The maximum atomic E-state index is 10.4. The summed E-state index contributed by atoms with van der Waals surface area (Å²) >= 11 is 3.60. The first kappa shape index (κ1) is 27.5. The topological polar surface area (TPSA) is 57.4 Å². The Morgan fingerprint density at radius 1 is 0.360 bits per heavy atom. The minimum absolute atomic E-state index is 0.354. The zero-order chi connectivity index (χ0) is 33.1. The lowest BCUT2D eigenvalue weighted by Crippen LogP contribution is -2.05. The van der Waals surface area contributed by atoms with Crippen LogP contribution in [0.2, 0.25) is 0 Å². The Hall–Kier alpha value is -6.44. The van der Waals surface area contributed by atoms with Gasteiger partial charge in [-0.3, -0.25) is 0 Å². The van der Waals surface area contributed by atoms with E-state index in [9.17, 15) is 10.5 Å². The summed E-state index contributed by atoms with van der Waals surface area (Å²) in [5, 5.41) is 30.3. The van der Waals surface area contributed by atoms with Gasteiger partial charge in [0.05, 0.1) is 44.6 Å². The summed E-state index contributed by atoms with van der Waals surface area (Å²) in [5.41, 5.74) is 6.64. The maximum Gasteiger partial charge on any atom is 0.101 e. The number of hydrogen-bond donors (Lipinski definition) is 0. The molecule has 4 nitrogen and oxygen atoms in total. The minimum atomic E-state index is 0.354. The summed E-state index contributed by atoms with van der Waals surface area (Å²) in [6, 6.07) is 51.9. The van der Waals surface area contributed by atoms with Gasteiger partial charge in [0.15, 0.2) is 0 Å². The van der Waals surface area contributed by atoms with Crippen molar-refractivity contribution in [3.05, 3.63) is 145 Å². The summed E-state index contributed by atoms with van der Waals surface area (Å²) in [5.74, 6) is 0. The van der Waals surface area contributed by atoms with E-state index < -0.39 is 0 Å². The molecule has 0 atom stereocenters. The molecule has 0 unspecified atom stereocenters. The van der Waals surface area contributed by atoms with Crippen molar-refractivity contribution >= 4 is 107 Å². The van der Waals surface area contributed by atoms with Crippen molar-refractivity contribution < 1.29 is 0 Å². The van der Waals surface area contributed by atoms with Gasteiger partial charge in [0, 0.05) is 61.9 Å². The third-order valence-electron chi connectivity index (χ3n) is 10.2. The quantitative estimate of drug-likeness (QED) is 0.184. The molecule has 0 aliphatic rings. The molecule has 0 spiro atoms. The Morgan fingerprint density at radius 3 is 1.20 bits per heavy atom. The molecule has 0 fully saturated rings. The number of thiophene rings is 2. The molecular formula is C44H22N4S2. The number of para-hydroxylation sites is 2. The SMILES string of the molecule is N#Cc1cc(-n2c3ccccc3c3cc4c(cc32)sc2ccccc24)c(-n2c3ccccc3c3cc4c(cc32)sc2ccccc24)cc1C#N. The third-order valence-corrected chi connectivity index (χ3v) is 12.4. The molecular weight excluding hydrogens is 649 g/mol. The molecule has 7 aromatic carbocycles. The highest BCUT2D eigenvalue weighted by Gasteiger charge is 2.23. The molecule has 0 bridgehead atoms. The first-order valence-electron chi connectivity index (χ1n) is 16.4. The Balaban J connectivity index is 1.32. The van der Waals surface area contributed by atoms with Gasteiger partial charge in [-0.2, -0.15) is 10.5 Å². The molecule has 0 saturated carbocycles. The fourth-order valence-electron chi connectivity index (χ4n) is 8.01. The number of benzene rings is 7. The Bertz CT molecular complexity index is 3130. The molecule has 0 amide bonds. The van der Waals surface area contributed by atoms with E-state index in [1.807, 2.05) is 12.1 Å². The van der Waals surface area contributed by atoms with E-state index in [2.05, 4.69) is 143 Å². The molecule has 0 radical (unpaired) electrons. The van der Waals surface area contributed by atoms with Crippen LogP contribution < -0.4 is 0 Å². The Kier molecular flexibility index (Phi) is 5.52. The standard InChI is InChI=1S/C44H22N4S2/c45-23-25-17-39(47-35-13-5-1-9-27(35)31-19-33-29-11-3-7-15-41(29)49-43(33)21-37(31)47)40(18-26(25)24-46)48-36-14-6-2-10-28(36)32-20-34-30-12-4-8-16-42(30)50-44(34)22-38(32)48/h1-22H. The lowest BCUT2D eigenvalue weighted by atomic mass is 10.1. The van der Waals surface area contributed by atoms with Crippen LogP contribution in [0.25, 0.3) is 95.3 Å². The second-order valence-electron chi connectivity index (χ2n) is 12.7. The number of nitrogens with zero attached hydrogens (tertiary/aromatic N) is 4. The van der Waals surface area contributed by atoms with E-state index in [4.69, 9.17) is 0 Å². The predicted octanol–water partition coefficient (Wildman–Crippen LogP) is 12.4. The van der Waals surface area contributed by atoms with Crippen LogP contribution in [0.1, 0.15) is 11.1 Å². The highest BCUT2D eigenvalue weighted by Crippen LogP contribution is 2.44. The Labute approximate surface area is 293 Å². The maximum absolute atomic E-state index is 10.4. The summed E-state index contributed by atoms with van der Waals surface area (Å²) in [7, 11) is 0. The second-order valence-corrected chi connectivity index (χ2v) is 14.9. The van der Waals surface area contributed by atoms with Gasteiger partial charge in [0.1, 0.15) is 12.1 Å². The molecule has 50 heavy (non-hydrogen) atoms. The van der Waals surface area contributed by atoms with Crippen LogP contribution in [0, 0.1) is 22.7 Å². The van der Waals surface area contributed by atoms with Crippen molar-refractivity contribution in [2.75, 3.05) is 0 Å². The van der Waals surface area contributed by atoms with E-state index in [0.29, 0.717) is 11.1 Å². The molecule has 230 valence electrons. The molecule has 0 aliphatic heterocycles. The Morgan fingerprint density at radius 2 is 0.760 bits per heavy atom. The fourth-order valence-corrected chi connectivity index (χ4v) is 10.3. The number of rotatable bonds is 2. The van der Waals surface area contributed by atoms with Gasteiger partial charge in [-0.05, 0) is 60.7 Å². The first-order valence-corrected chi connectivity index (χ1v) is 18.0. The lowest BCUT2D eigenvalue weighted by molar-refractivity contribution is 1.09. The van der Waals surface area contributed by atoms with Crippen LogP contribution in [0.5, 0.6) is 0 Å². The minimum Gasteiger partial charge on any atom is -0.307 e. The second kappa shape index (κ2) is 10.0. The molecule has 4 heterocycles. The van der Waals surface area contributed by atoms with E-state index in [-0.39, 0.29) is 0 Å². The molecule has 0 saturated heterocycles. The number of nitriles is 2. The van der Waals surface area contributed by atoms with Gasteiger partial charge in [0.25, 0.3) is 0 Å². The summed E-state index contributed by atoms with van der Waals surface area (Å²) in [6.07, 6.45) is 0. The highest BCUT2D eigenvalue weighted by atomic mass is 32.1. The molecule has 4 aromatic heterocycles. The van der Waals surface area contributed by atoms with Crippen molar-refractivity contribution in [1.29, 1.82) is 10.5 Å². The smallest absolute Gasteiger partial charge is 0.101 e. The molecule has 6 heteroatoms. The average molecular weight is 671 g/mol. The molecule has 11 aromatic rings. The van der Waals surface area contributed by atoms with Crippen LogP contribution in [0.3, 0.4) is 0 Å². The van der Waals surface area contributed by atoms with Gasteiger partial charge in [-0.15, -0.1) is 22.7 Å². The van der Waals surface area contributed by atoms with Crippen molar-refractivity contribution in [2.24, 2.45) is 0 Å². The summed E-state index contributed by atoms with van der Waals surface area (Å²) in [4.78, 5) is 0. The number of fused-ring (bicyclic) bond motifs is 12. The third kappa shape index (κ3) is 3.61. The highest BCUT2D eigenvalue weighted by molar-refractivity contribution is 7.26. The van der Waals surface area contributed by atoms with E-state index >= 15 is 0 Å². The largest absolute Gasteiger partial charge is 0.307 e. The van der Waals surface area contributed by atoms with Crippen LogP contribution in [-0.4, -0.2) is 9.13 Å². The average Bonchev–Trinajstić information content (AvgIpc) is 3.89. The zero-order valence-corrected chi connectivity index (χ0v) is 27.9. The van der Waals surface area contributed by atoms with E-state index in [1.54, 1.807) is 22.7 Å². The van der Waals surface area contributed by atoms with Crippen molar-refractivity contribution in [3.63, 3.8) is 0 Å². The van der Waals surface area contributed by atoms with Crippen molar-refractivity contribution in [2.45, 2.75) is 0 Å². The predicted molar refractivity (Wildman–Crippen MR) is 210 cm³/mol. The van der Waals surface area contributed by atoms with E-state index in [0.717, 1.165) is 55.0 Å². The van der Waals surface area contributed by atoms with Gasteiger partial charge >= 0.3 is 0 Å². The van der Waals surface area contributed by atoms with Crippen LogP contribution >= 0.6 is 22.7 Å². The molecule has 11 rings (SSSR count). The van der Waals surface area contributed by atoms with Crippen LogP contribution in [0.4, 0.5) is 0 Å². The van der Waals surface area contributed by atoms with Gasteiger partial charge < -0.3 is 9.13 Å². The first-order chi connectivity index (χ1) is 24.7. The van der Waals surface area contributed by atoms with Gasteiger partial charge in [-0.25, -0.2) is 0 Å². The monoisotopic (exact) mass is 670 g/mol. The van der Waals surface area contributed by atoms with Crippen LogP contribution in [-0.2, 0) is 0 Å². The molecule has 0 N–H and O–H groups in total. The number of aromatic nitrogens is 2. The van der Waals surface area contributed by atoms with Gasteiger partial charge in [-0.1, -0.05) is 72.8 Å². The van der Waals surface area contributed by atoms with Gasteiger partial charge in [0.2, 0.25) is 0 Å². The number of hydrogen-bond acceptors (Lipinski definition) is 4. The lowest BCUT2D eigenvalue weighted by Gasteiger charge is -2.18. The summed E-state index contributed by atoms with van der Waals surface area (Å²) < 4.78 is 9.53.